The second-order valence-corrected chi connectivity index (χ2v) is 8.60. The molecule has 0 radical (unpaired) electrons. The summed E-state index contributed by atoms with van der Waals surface area (Å²) in [5.74, 6) is -0.231. The molecule has 3 N–H and O–H groups in total. The fraction of sp³-hybridized carbons (Fsp3) is 0.579. The van der Waals surface area contributed by atoms with E-state index in [-0.39, 0.29) is 12.5 Å². The highest BCUT2D eigenvalue weighted by Gasteiger charge is 2.25. The number of carbonyl (C=O) groups is 2. The fourth-order valence-electron chi connectivity index (χ4n) is 2.35. The van der Waals surface area contributed by atoms with E-state index in [1.165, 1.54) is 6.07 Å². The van der Waals surface area contributed by atoms with Gasteiger partial charge in [-0.25, -0.2) is 4.79 Å². The Morgan fingerprint density at radius 1 is 1.22 bits per heavy atom. The molecule has 0 bridgehead atoms. The first-order valence-corrected chi connectivity index (χ1v) is 9.55. The standard InChI is InChI=1S/C19H28Cl2N2O4/c1-11(2)8-15(23-18(26)27-19(3,4)5)17(25)22-10-16(24)13-7-6-12(20)9-14(13)21/h6-7,9,11,15-16,24H,8,10H2,1-5H3,(H,22,25)(H,23,26). The van der Waals surface area contributed by atoms with E-state index in [9.17, 15) is 14.7 Å². The Kier molecular flexibility index (Phi) is 8.85. The van der Waals surface area contributed by atoms with E-state index < -0.39 is 29.7 Å². The molecule has 0 aromatic heterocycles. The lowest BCUT2D eigenvalue weighted by Gasteiger charge is -2.24. The van der Waals surface area contributed by atoms with Crippen LogP contribution in [-0.2, 0) is 9.53 Å². The maximum atomic E-state index is 12.5. The predicted octanol–water partition coefficient (Wildman–Crippen LogP) is 4.08. The molecule has 0 saturated heterocycles. The third kappa shape index (κ3) is 8.82. The molecule has 0 heterocycles. The van der Waals surface area contributed by atoms with Gasteiger partial charge in [0.25, 0.3) is 0 Å². The van der Waals surface area contributed by atoms with Crippen LogP contribution in [0.25, 0.3) is 0 Å². The van der Waals surface area contributed by atoms with Gasteiger partial charge in [-0.15, -0.1) is 0 Å². The van der Waals surface area contributed by atoms with Gasteiger partial charge in [-0.05, 0) is 45.2 Å². The number of nitrogens with one attached hydrogen (secondary N) is 2. The van der Waals surface area contributed by atoms with Crippen molar-refractivity contribution in [1.82, 2.24) is 10.6 Å². The number of aliphatic hydroxyl groups excluding tert-OH is 1. The Balaban J connectivity index is 2.71. The molecule has 2 amide bonds. The molecule has 0 aliphatic carbocycles. The third-order valence-electron chi connectivity index (χ3n) is 3.51. The number of benzene rings is 1. The SMILES string of the molecule is CC(C)CC(NC(=O)OC(C)(C)C)C(=O)NCC(O)c1ccc(Cl)cc1Cl. The number of alkyl carbamates (subject to hydrolysis) is 1. The van der Waals surface area contributed by atoms with Crippen LogP contribution < -0.4 is 10.6 Å². The molecule has 2 unspecified atom stereocenters. The zero-order valence-corrected chi connectivity index (χ0v) is 17.8. The van der Waals surface area contributed by atoms with Crippen molar-refractivity contribution in [2.24, 2.45) is 5.92 Å². The summed E-state index contributed by atoms with van der Waals surface area (Å²) in [5, 5.41) is 16.3. The molecule has 1 aromatic rings. The molecular weight excluding hydrogens is 391 g/mol. The van der Waals surface area contributed by atoms with Crippen LogP contribution in [0.3, 0.4) is 0 Å². The van der Waals surface area contributed by atoms with Crippen molar-refractivity contribution in [3.8, 4) is 0 Å². The predicted molar refractivity (Wildman–Crippen MR) is 107 cm³/mol. The number of carbonyl (C=O) groups excluding carboxylic acids is 2. The summed E-state index contributed by atoms with van der Waals surface area (Å²) in [7, 11) is 0. The highest BCUT2D eigenvalue weighted by Crippen LogP contribution is 2.26. The molecule has 0 saturated carbocycles. The van der Waals surface area contributed by atoms with Crippen molar-refractivity contribution in [3.63, 3.8) is 0 Å². The van der Waals surface area contributed by atoms with Gasteiger partial charge in [-0.2, -0.15) is 0 Å². The summed E-state index contributed by atoms with van der Waals surface area (Å²) in [6.45, 7) is 9.08. The van der Waals surface area contributed by atoms with E-state index in [0.717, 1.165) is 0 Å². The second-order valence-electron chi connectivity index (χ2n) is 7.76. The van der Waals surface area contributed by atoms with Crippen molar-refractivity contribution in [3.05, 3.63) is 33.8 Å². The number of amides is 2. The molecule has 0 aliphatic rings. The second kappa shape index (κ2) is 10.2. The number of rotatable bonds is 7. The van der Waals surface area contributed by atoms with E-state index in [1.54, 1.807) is 32.9 Å². The van der Waals surface area contributed by atoms with Gasteiger partial charge in [0.15, 0.2) is 0 Å². The first-order valence-electron chi connectivity index (χ1n) is 8.79. The van der Waals surface area contributed by atoms with Crippen molar-refractivity contribution < 1.29 is 19.4 Å². The Morgan fingerprint density at radius 2 is 1.85 bits per heavy atom. The van der Waals surface area contributed by atoms with Gasteiger partial charge in [-0.3, -0.25) is 4.79 Å². The zero-order chi connectivity index (χ0) is 20.8. The Labute approximate surface area is 170 Å². The van der Waals surface area contributed by atoms with Crippen LogP contribution in [0.1, 0.15) is 52.7 Å². The minimum absolute atomic E-state index is 0.0508. The number of aliphatic hydroxyl groups is 1. The first-order chi connectivity index (χ1) is 12.4. The Morgan fingerprint density at radius 3 is 2.37 bits per heavy atom. The van der Waals surface area contributed by atoms with E-state index in [2.05, 4.69) is 10.6 Å². The monoisotopic (exact) mass is 418 g/mol. The molecule has 1 rings (SSSR count). The summed E-state index contributed by atoms with van der Waals surface area (Å²) >= 11 is 11.9. The molecule has 8 heteroatoms. The van der Waals surface area contributed by atoms with Crippen LogP contribution >= 0.6 is 23.2 Å². The largest absolute Gasteiger partial charge is 0.444 e. The van der Waals surface area contributed by atoms with Gasteiger partial charge < -0.3 is 20.5 Å². The first kappa shape index (κ1) is 23.5. The molecule has 6 nitrogen and oxygen atoms in total. The van der Waals surface area contributed by atoms with Gasteiger partial charge in [0.2, 0.25) is 5.91 Å². The minimum Gasteiger partial charge on any atom is -0.444 e. The van der Waals surface area contributed by atoms with Crippen LogP contribution in [0.5, 0.6) is 0 Å². The summed E-state index contributed by atoms with van der Waals surface area (Å²) < 4.78 is 5.21. The Bertz CT molecular complexity index is 660. The molecule has 1 aromatic carbocycles. The number of hydrogen-bond acceptors (Lipinski definition) is 4. The summed E-state index contributed by atoms with van der Waals surface area (Å²) in [4.78, 5) is 24.5. The van der Waals surface area contributed by atoms with Gasteiger partial charge in [0.1, 0.15) is 11.6 Å². The average Bonchev–Trinajstić information content (AvgIpc) is 2.49. The lowest BCUT2D eigenvalue weighted by Crippen LogP contribution is -2.49. The van der Waals surface area contributed by atoms with E-state index in [1.807, 2.05) is 13.8 Å². The quantitative estimate of drug-likeness (QED) is 0.622. The van der Waals surface area contributed by atoms with Crippen LogP contribution in [0.15, 0.2) is 18.2 Å². The third-order valence-corrected chi connectivity index (χ3v) is 4.07. The highest BCUT2D eigenvalue weighted by molar-refractivity contribution is 6.35. The van der Waals surface area contributed by atoms with Gasteiger partial charge in [0.05, 0.1) is 6.10 Å². The molecule has 0 aliphatic heterocycles. The molecule has 0 spiro atoms. The fourth-order valence-corrected chi connectivity index (χ4v) is 2.89. The van der Waals surface area contributed by atoms with Gasteiger partial charge in [0, 0.05) is 22.2 Å². The molecule has 27 heavy (non-hydrogen) atoms. The van der Waals surface area contributed by atoms with Crippen LogP contribution in [0.2, 0.25) is 10.0 Å². The minimum atomic E-state index is -1.00. The van der Waals surface area contributed by atoms with Crippen molar-refractivity contribution in [1.29, 1.82) is 0 Å². The smallest absolute Gasteiger partial charge is 0.408 e. The van der Waals surface area contributed by atoms with Crippen molar-refractivity contribution in [2.45, 2.75) is 58.8 Å². The number of halogens is 2. The average molecular weight is 419 g/mol. The molecular formula is C19H28Cl2N2O4. The van der Waals surface area contributed by atoms with E-state index >= 15 is 0 Å². The molecule has 2 atom stereocenters. The Hall–Kier alpha value is -1.50. The van der Waals surface area contributed by atoms with E-state index in [4.69, 9.17) is 27.9 Å². The lowest BCUT2D eigenvalue weighted by atomic mass is 10.0. The van der Waals surface area contributed by atoms with Gasteiger partial charge >= 0.3 is 6.09 Å². The summed E-state index contributed by atoms with van der Waals surface area (Å²) in [6, 6.07) is 3.97. The lowest BCUT2D eigenvalue weighted by molar-refractivity contribution is -0.124. The molecule has 152 valence electrons. The van der Waals surface area contributed by atoms with Crippen molar-refractivity contribution in [2.75, 3.05) is 6.54 Å². The number of hydrogen-bond donors (Lipinski definition) is 3. The normalized spacial score (nSPS) is 13.8. The van der Waals surface area contributed by atoms with Gasteiger partial charge in [-0.1, -0.05) is 43.1 Å². The van der Waals surface area contributed by atoms with Crippen LogP contribution in [0.4, 0.5) is 4.79 Å². The van der Waals surface area contributed by atoms with Crippen LogP contribution in [-0.4, -0.2) is 35.3 Å². The van der Waals surface area contributed by atoms with E-state index in [0.29, 0.717) is 22.0 Å². The topological polar surface area (TPSA) is 87.7 Å². The maximum absolute atomic E-state index is 12.5. The summed E-state index contributed by atoms with van der Waals surface area (Å²) in [5.41, 5.74) is -0.202. The summed E-state index contributed by atoms with van der Waals surface area (Å²) in [6.07, 6.45) is -1.23. The van der Waals surface area contributed by atoms with Crippen molar-refractivity contribution >= 4 is 35.2 Å². The molecule has 0 fully saturated rings. The maximum Gasteiger partial charge on any atom is 0.408 e. The van der Waals surface area contributed by atoms with Crippen LogP contribution in [0, 0.1) is 5.92 Å². The highest BCUT2D eigenvalue weighted by atomic mass is 35.5. The zero-order valence-electron chi connectivity index (χ0n) is 16.3. The number of ether oxygens (including phenoxy) is 1.